The van der Waals surface area contributed by atoms with E-state index >= 15 is 0 Å². The van der Waals surface area contributed by atoms with Gasteiger partial charge in [-0.25, -0.2) is 4.98 Å². The molecule has 0 unspecified atom stereocenters. The summed E-state index contributed by atoms with van der Waals surface area (Å²) in [6.07, 6.45) is 0. The van der Waals surface area contributed by atoms with Crippen LogP contribution in [-0.4, -0.2) is 9.97 Å². The molecule has 0 aliphatic carbocycles. The predicted molar refractivity (Wildman–Crippen MR) is 146 cm³/mol. The van der Waals surface area contributed by atoms with E-state index in [0.29, 0.717) is 6.61 Å². The second-order valence-corrected chi connectivity index (χ2v) is 9.79. The minimum absolute atomic E-state index is 0.494. The fraction of sp³-hybridized carbons (Fsp3) is 0.0690. The fourth-order valence-electron chi connectivity index (χ4n) is 3.80. The molecule has 0 radical (unpaired) electrons. The number of nitrogens with zero attached hydrogens (tertiary/aromatic N) is 1. The summed E-state index contributed by atoms with van der Waals surface area (Å²) < 4.78 is 7.86. The van der Waals surface area contributed by atoms with E-state index in [4.69, 9.17) is 9.72 Å². The number of H-pyrrole nitrogens is 1. The lowest BCUT2D eigenvalue weighted by Gasteiger charge is -2.12. The summed E-state index contributed by atoms with van der Waals surface area (Å²) >= 11 is 7.40. The van der Waals surface area contributed by atoms with E-state index in [1.54, 1.807) is 0 Å². The number of hydrogen-bond donors (Lipinski definition) is 1. The highest BCUT2D eigenvalue weighted by Crippen LogP contribution is 2.39. The number of rotatable bonds is 6. The van der Waals surface area contributed by atoms with Crippen LogP contribution in [0.1, 0.15) is 11.1 Å². The molecule has 1 heterocycles. The van der Waals surface area contributed by atoms with Crippen LogP contribution >= 0.6 is 31.9 Å². The van der Waals surface area contributed by atoms with Gasteiger partial charge in [0.2, 0.25) is 0 Å². The molecule has 1 aromatic heterocycles. The van der Waals surface area contributed by atoms with Crippen molar-refractivity contribution >= 4 is 31.9 Å². The van der Waals surface area contributed by atoms with Gasteiger partial charge in [0.1, 0.15) is 18.2 Å². The van der Waals surface area contributed by atoms with Crippen LogP contribution in [0.2, 0.25) is 0 Å². The first-order valence-corrected chi connectivity index (χ1v) is 12.6. The zero-order valence-electron chi connectivity index (χ0n) is 18.6. The largest absolute Gasteiger partial charge is 0.487 e. The monoisotopic (exact) mass is 572 g/mol. The van der Waals surface area contributed by atoms with E-state index in [1.807, 2.05) is 48.5 Å². The standard InChI is InChI=1S/C29H22Br2N2O/c1-19-12-14-20(15-13-19)18-34-28-24(30)16-23(17-25(28)31)29-32-26(21-8-4-2-5-9-21)27(33-29)22-10-6-3-7-11-22/h2-17H,18H2,1H3,(H,32,33). The Morgan fingerprint density at radius 1 is 0.735 bits per heavy atom. The van der Waals surface area contributed by atoms with Crippen LogP contribution in [-0.2, 0) is 6.61 Å². The van der Waals surface area contributed by atoms with E-state index in [-0.39, 0.29) is 0 Å². The molecule has 168 valence electrons. The number of nitrogens with one attached hydrogen (secondary N) is 1. The molecule has 0 aliphatic heterocycles. The third kappa shape index (κ3) is 4.86. The van der Waals surface area contributed by atoms with Crippen molar-refractivity contribution in [3.05, 3.63) is 117 Å². The quantitative estimate of drug-likeness (QED) is 0.220. The van der Waals surface area contributed by atoms with Crippen molar-refractivity contribution in [1.82, 2.24) is 9.97 Å². The van der Waals surface area contributed by atoms with Crippen molar-refractivity contribution in [2.45, 2.75) is 13.5 Å². The van der Waals surface area contributed by atoms with E-state index < -0.39 is 0 Å². The van der Waals surface area contributed by atoms with Crippen molar-refractivity contribution in [1.29, 1.82) is 0 Å². The zero-order valence-corrected chi connectivity index (χ0v) is 21.7. The van der Waals surface area contributed by atoms with Gasteiger partial charge < -0.3 is 9.72 Å². The molecule has 0 fully saturated rings. The molecule has 0 atom stereocenters. The Morgan fingerprint density at radius 3 is 1.94 bits per heavy atom. The third-order valence-corrected chi connectivity index (χ3v) is 6.77. The van der Waals surface area contributed by atoms with Crippen LogP contribution in [0.25, 0.3) is 33.9 Å². The lowest BCUT2D eigenvalue weighted by molar-refractivity contribution is 0.302. The maximum absolute atomic E-state index is 6.13. The second-order valence-electron chi connectivity index (χ2n) is 8.08. The Labute approximate surface area is 216 Å². The van der Waals surface area contributed by atoms with Gasteiger partial charge in [0.15, 0.2) is 0 Å². The molecule has 5 aromatic rings. The minimum Gasteiger partial charge on any atom is -0.487 e. The first kappa shape index (κ1) is 22.6. The molecule has 5 heteroatoms. The predicted octanol–water partition coefficient (Wildman–Crippen LogP) is 8.82. The van der Waals surface area contributed by atoms with Crippen molar-refractivity contribution in [2.75, 3.05) is 0 Å². The van der Waals surface area contributed by atoms with Gasteiger partial charge >= 0.3 is 0 Å². The number of halogens is 2. The van der Waals surface area contributed by atoms with Crippen LogP contribution < -0.4 is 4.74 Å². The maximum Gasteiger partial charge on any atom is 0.148 e. The summed E-state index contributed by atoms with van der Waals surface area (Å²) in [5, 5.41) is 0. The Hall–Kier alpha value is -3.15. The number of hydrogen-bond acceptors (Lipinski definition) is 2. The highest BCUT2D eigenvalue weighted by molar-refractivity contribution is 9.11. The van der Waals surface area contributed by atoms with Crippen molar-refractivity contribution < 1.29 is 4.74 Å². The molecule has 0 saturated carbocycles. The molecule has 0 saturated heterocycles. The second kappa shape index (κ2) is 10.00. The molecule has 0 bridgehead atoms. The van der Waals surface area contributed by atoms with Gasteiger partial charge in [0.05, 0.1) is 20.3 Å². The van der Waals surface area contributed by atoms with Gasteiger partial charge in [-0.15, -0.1) is 0 Å². The van der Waals surface area contributed by atoms with Crippen LogP contribution in [0.4, 0.5) is 0 Å². The van der Waals surface area contributed by atoms with Crippen molar-refractivity contribution in [2.24, 2.45) is 0 Å². The molecule has 1 N–H and O–H groups in total. The molecule has 3 nitrogen and oxygen atoms in total. The number of aromatic nitrogens is 2. The van der Waals surface area contributed by atoms with Gasteiger partial charge in [0.25, 0.3) is 0 Å². The van der Waals surface area contributed by atoms with Crippen LogP contribution in [0.3, 0.4) is 0 Å². The molecule has 0 amide bonds. The Bertz CT molecular complexity index is 1330. The van der Waals surface area contributed by atoms with Crippen LogP contribution in [0.15, 0.2) is 106 Å². The topological polar surface area (TPSA) is 37.9 Å². The number of ether oxygens (including phenoxy) is 1. The lowest BCUT2D eigenvalue weighted by atomic mass is 10.1. The molecule has 5 rings (SSSR count). The summed E-state index contributed by atoms with van der Waals surface area (Å²) in [4.78, 5) is 8.56. The average Bonchev–Trinajstić information content (AvgIpc) is 3.31. The first-order chi connectivity index (χ1) is 16.6. The summed E-state index contributed by atoms with van der Waals surface area (Å²) in [5.74, 6) is 1.56. The van der Waals surface area contributed by atoms with E-state index in [0.717, 1.165) is 54.2 Å². The van der Waals surface area contributed by atoms with E-state index in [1.165, 1.54) is 5.56 Å². The summed E-state index contributed by atoms with van der Waals surface area (Å²) in [7, 11) is 0. The highest BCUT2D eigenvalue weighted by atomic mass is 79.9. The molecular weight excluding hydrogens is 552 g/mol. The number of benzene rings is 4. The van der Waals surface area contributed by atoms with Gasteiger partial charge in [0, 0.05) is 16.7 Å². The summed E-state index contributed by atoms with van der Waals surface area (Å²) in [6.45, 7) is 2.57. The van der Waals surface area contributed by atoms with E-state index in [9.17, 15) is 0 Å². The van der Waals surface area contributed by atoms with Gasteiger partial charge in [-0.05, 0) is 56.5 Å². The summed E-state index contributed by atoms with van der Waals surface area (Å²) in [6, 6.07) is 33.0. The number of imidazole rings is 1. The Kier molecular flexibility index (Phi) is 6.66. The number of aromatic amines is 1. The number of aryl methyl sites for hydroxylation is 1. The van der Waals surface area contributed by atoms with Crippen LogP contribution in [0, 0.1) is 6.92 Å². The van der Waals surface area contributed by atoms with E-state index in [2.05, 4.69) is 92.3 Å². The van der Waals surface area contributed by atoms with Crippen molar-refractivity contribution in [3.8, 4) is 39.7 Å². The fourth-order valence-corrected chi connectivity index (χ4v) is 5.22. The van der Waals surface area contributed by atoms with Crippen molar-refractivity contribution in [3.63, 3.8) is 0 Å². The van der Waals surface area contributed by atoms with Gasteiger partial charge in [-0.2, -0.15) is 0 Å². The molecular formula is C29H22Br2N2O. The zero-order chi connectivity index (χ0) is 23.5. The lowest BCUT2D eigenvalue weighted by Crippen LogP contribution is -1.97. The minimum atomic E-state index is 0.494. The van der Waals surface area contributed by atoms with Gasteiger partial charge in [-0.3, -0.25) is 0 Å². The van der Waals surface area contributed by atoms with Gasteiger partial charge in [-0.1, -0.05) is 90.5 Å². The first-order valence-electron chi connectivity index (χ1n) is 11.0. The molecule has 0 spiro atoms. The molecule has 4 aromatic carbocycles. The highest BCUT2D eigenvalue weighted by Gasteiger charge is 2.17. The summed E-state index contributed by atoms with van der Waals surface area (Å²) in [5.41, 5.74) is 7.40. The molecule has 0 aliphatic rings. The maximum atomic E-state index is 6.13. The smallest absolute Gasteiger partial charge is 0.148 e. The van der Waals surface area contributed by atoms with Crippen LogP contribution in [0.5, 0.6) is 5.75 Å². The third-order valence-electron chi connectivity index (χ3n) is 5.59. The Morgan fingerprint density at radius 2 is 1.32 bits per heavy atom. The average molecular weight is 574 g/mol. The normalized spacial score (nSPS) is 10.9. The molecule has 34 heavy (non-hydrogen) atoms. The Balaban J connectivity index is 1.50. The SMILES string of the molecule is Cc1ccc(COc2c(Br)cc(-c3nc(-c4ccccc4)c(-c4ccccc4)[nH]3)cc2Br)cc1.